The Hall–Kier alpha value is -2.84. The molecule has 0 unspecified atom stereocenters. The van der Waals surface area contributed by atoms with E-state index in [1.807, 2.05) is 0 Å². The molecule has 2 N–H and O–H groups in total. The van der Waals surface area contributed by atoms with E-state index in [4.69, 9.17) is 4.74 Å². The average Bonchev–Trinajstić information content (AvgIpc) is 2.77. The number of hydrogen-bond acceptors (Lipinski definition) is 9. The topological polar surface area (TPSA) is 174 Å². The van der Waals surface area contributed by atoms with E-state index in [0.29, 0.717) is 18.9 Å². The predicted octanol–water partition coefficient (Wildman–Crippen LogP) is 2.80. The van der Waals surface area contributed by atoms with E-state index < -0.39 is 47.8 Å². The lowest BCUT2D eigenvalue weighted by molar-refractivity contribution is -0.396. The summed E-state index contributed by atoms with van der Waals surface area (Å²) in [6.07, 6.45) is 1.79. The maximum Gasteiger partial charge on any atom is 0.407 e. The molecule has 1 aromatic carbocycles. The second-order valence-corrected chi connectivity index (χ2v) is 11.3. The number of carbonyl (C=O) groups excluding carboxylic acids is 1. The third kappa shape index (κ3) is 8.71. The molecule has 13 nitrogen and oxygen atoms in total. The molecule has 0 atom stereocenters. The number of alkyl carbamates (subject to hydrolysis) is 1. The monoisotopic (exact) mass is 515 g/mol. The summed E-state index contributed by atoms with van der Waals surface area (Å²) in [7, 11) is -4.31. The second kappa shape index (κ2) is 12.2. The number of ether oxygens (including phenoxy) is 1. The first-order valence-corrected chi connectivity index (χ1v) is 12.9. The van der Waals surface area contributed by atoms with Gasteiger partial charge >= 0.3 is 6.09 Å². The summed E-state index contributed by atoms with van der Waals surface area (Å²) in [5.74, 6) is 0.0722. The van der Waals surface area contributed by atoms with Crippen LogP contribution in [0, 0.1) is 26.1 Å². The molecule has 1 aliphatic heterocycles. The third-order valence-electron chi connectivity index (χ3n) is 5.39. The highest BCUT2D eigenvalue weighted by molar-refractivity contribution is 7.89. The lowest BCUT2D eigenvalue weighted by atomic mass is 9.98. The van der Waals surface area contributed by atoms with Crippen LogP contribution in [0.15, 0.2) is 23.1 Å². The fraction of sp³-hybridized carbons (Fsp3) is 0.667. The zero-order valence-corrected chi connectivity index (χ0v) is 21.0. The highest BCUT2D eigenvalue weighted by Crippen LogP contribution is 2.31. The zero-order valence-electron chi connectivity index (χ0n) is 20.2. The fourth-order valence-corrected chi connectivity index (χ4v) is 5.39. The molecule has 14 heteroatoms. The number of nitro groups is 2. The molecule has 1 saturated heterocycles. The maximum absolute atomic E-state index is 13.5. The van der Waals surface area contributed by atoms with Crippen LogP contribution in [0.3, 0.4) is 0 Å². The van der Waals surface area contributed by atoms with Crippen molar-refractivity contribution in [1.82, 2.24) is 14.9 Å². The molecule has 0 aromatic heterocycles. The number of unbranched alkanes of at least 4 members (excludes halogenated alkanes) is 1. The van der Waals surface area contributed by atoms with Crippen LogP contribution >= 0.6 is 0 Å². The number of non-ortho nitro benzene ring substituents is 1. The van der Waals surface area contributed by atoms with Gasteiger partial charge in [-0.3, -0.25) is 20.2 Å². The van der Waals surface area contributed by atoms with Gasteiger partial charge in [0.15, 0.2) is 4.90 Å². The van der Waals surface area contributed by atoms with Crippen molar-refractivity contribution < 1.29 is 27.8 Å². The van der Waals surface area contributed by atoms with Crippen molar-refractivity contribution in [1.29, 1.82) is 0 Å². The lowest BCUT2D eigenvalue weighted by Gasteiger charge is -2.29. The Labute approximate surface area is 204 Å². The molecule has 0 spiro atoms. The molecule has 35 heavy (non-hydrogen) atoms. The van der Waals surface area contributed by atoms with Crippen LogP contribution in [-0.2, 0) is 14.8 Å². The molecule has 0 aliphatic carbocycles. The Bertz CT molecular complexity index is 1020. The van der Waals surface area contributed by atoms with E-state index in [2.05, 4.69) is 10.6 Å². The minimum Gasteiger partial charge on any atom is -0.444 e. The van der Waals surface area contributed by atoms with E-state index in [1.54, 1.807) is 20.8 Å². The van der Waals surface area contributed by atoms with E-state index in [-0.39, 0.29) is 25.6 Å². The number of sulfonamides is 1. The summed E-state index contributed by atoms with van der Waals surface area (Å²) < 4.78 is 33.4. The van der Waals surface area contributed by atoms with E-state index in [1.165, 1.54) is 4.31 Å². The van der Waals surface area contributed by atoms with E-state index in [9.17, 15) is 33.4 Å². The standard InChI is InChI=1S/C21H33N5O8S/c1-21(2,3)34-20(27)23-10-4-5-13-24(15-16-8-11-22-12-9-16)35(32,33)19-7-6-17(25(28)29)14-18(19)26(30)31/h6-7,14,16,22H,4-5,8-13,15H2,1-3H3,(H,23,27). The number of rotatable bonds is 11. The molecular formula is C21H33N5O8S. The van der Waals surface area contributed by atoms with Crippen molar-refractivity contribution >= 4 is 27.5 Å². The predicted molar refractivity (Wildman–Crippen MR) is 128 cm³/mol. The Kier molecular flexibility index (Phi) is 9.92. The van der Waals surface area contributed by atoms with Crippen molar-refractivity contribution in [3.05, 3.63) is 38.4 Å². The van der Waals surface area contributed by atoms with Gasteiger partial charge in [0.1, 0.15) is 5.60 Å². The number of amides is 1. The summed E-state index contributed by atoms with van der Waals surface area (Å²) in [6, 6.07) is 2.54. The molecule has 1 aliphatic rings. The number of nitrogens with one attached hydrogen (secondary N) is 2. The van der Waals surface area contributed by atoms with Gasteiger partial charge < -0.3 is 15.4 Å². The van der Waals surface area contributed by atoms with E-state index in [0.717, 1.165) is 38.1 Å². The molecule has 0 saturated carbocycles. The number of nitro benzene ring substituents is 2. The van der Waals surface area contributed by atoms with Crippen molar-refractivity contribution in [3.8, 4) is 0 Å². The molecule has 0 radical (unpaired) electrons. The highest BCUT2D eigenvalue weighted by Gasteiger charge is 2.34. The molecule has 1 fully saturated rings. The fourth-order valence-electron chi connectivity index (χ4n) is 3.70. The second-order valence-electron chi connectivity index (χ2n) is 9.36. The minimum absolute atomic E-state index is 0.0722. The largest absolute Gasteiger partial charge is 0.444 e. The van der Waals surface area contributed by atoms with Crippen LogP contribution in [0.25, 0.3) is 0 Å². The third-order valence-corrected chi connectivity index (χ3v) is 7.30. The number of benzene rings is 1. The van der Waals surface area contributed by atoms with Crippen LogP contribution < -0.4 is 10.6 Å². The summed E-state index contributed by atoms with van der Waals surface area (Å²) in [5.41, 5.74) is -2.03. The average molecular weight is 516 g/mol. The van der Waals surface area contributed by atoms with Crippen LogP contribution in [0.4, 0.5) is 16.2 Å². The maximum atomic E-state index is 13.5. The minimum atomic E-state index is -4.31. The molecule has 1 aromatic rings. The summed E-state index contributed by atoms with van der Waals surface area (Å²) >= 11 is 0. The molecule has 196 valence electrons. The molecule has 1 heterocycles. The number of nitrogens with zero attached hydrogens (tertiary/aromatic N) is 3. The summed E-state index contributed by atoms with van der Waals surface area (Å²) in [6.45, 7) is 7.25. The first kappa shape index (κ1) is 28.4. The number of hydrogen-bond donors (Lipinski definition) is 2. The number of piperidine rings is 1. The van der Waals surface area contributed by atoms with Crippen LogP contribution in [-0.4, -0.2) is 67.0 Å². The molecule has 0 bridgehead atoms. The molecule has 1 amide bonds. The Morgan fingerprint density at radius 3 is 2.40 bits per heavy atom. The summed E-state index contributed by atoms with van der Waals surface area (Å²) in [5, 5.41) is 28.4. The summed E-state index contributed by atoms with van der Waals surface area (Å²) in [4.78, 5) is 32.1. The van der Waals surface area contributed by atoms with Crippen molar-refractivity contribution in [2.75, 3.05) is 32.7 Å². The van der Waals surface area contributed by atoms with Gasteiger partial charge in [-0.1, -0.05) is 0 Å². The Balaban J connectivity index is 2.17. The highest BCUT2D eigenvalue weighted by atomic mass is 32.2. The van der Waals surface area contributed by atoms with Gasteiger partial charge in [-0.25, -0.2) is 13.2 Å². The number of carbonyl (C=O) groups is 1. The van der Waals surface area contributed by atoms with Crippen molar-refractivity contribution in [2.45, 2.75) is 57.0 Å². The molecular weight excluding hydrogens is 482 g/mol. The van der Waals surface area contributed by atoms with Gasteiger partial charge in [0.05, 0.1) is 15.9 Å². The van der Waals surface area contributed by atoms with Gasteiger partial charge in [-0.2, -0.15) is 4.31 Å². The lowest BCUT2D eigenvalue weighted by Crippen LogP contribution is -2.40. The van der Waals surface area contributed by atoms with Gasteiger partial charge in [-0.15, -0.1) is 0 Å². The van der Waals surface area contributed by atoms with Crippen molar-refractivity contribution in [2.24, 2.45) is 5.92 Å². The van der Waals surface area contributed by atoms with Crippen molar-refractivity contribution in [3.63, 3.8) is 0 Å². The van der Waals surface area contributed by atoms with Gasteiger partial charge in [0, 0.05) is 25.7 Å². The van der Waals surface area contributed by atoms with Crippen LogP contribution in [0.2, 0.25) is 0 Å². The SMILES string of the molecule is CC(C)(C)OC(=O)NCCCCN(CC1CCNCC1)S(=O)(=O)c1ccc([N+](=O)[O-])cc1[N+](=O)[O-]. The van der Waals surface area contributed by atoms with Gasteiger partial charge in [-0.05, 0) is 71.5 Å². The van der Waals surface area contributed by atoms with Crippen LogP contribution in [0.5, 0.6) is 0 Å². The van der Waals surface area contributed by atoms with Crippen LogP contribution in [0.1, 0.15) is 46.5 Å². The van der Waals surface area contributed by atoms with Gasteiger partial charge in [0.25, 0.3) is 11.4 Å². The van der Waals surface area contributed by atoms with E-state index >= 15 is 0 Å². The zero-order chi connectivity index (χ0) is 26.2. The first-order chi connectivity index (χ1) is 16.3. The molecule has 2 rings (SSSR count). The quantitative estimate of drug-likeness (QED) is 0.255. The smallest absolute Gasteiger partial charge is 0.407 e. The Morgan fingerprint density at radius 2 is 1.83 bits per heavy atom. The first-order valence-electron chi connectivity index (χ1n) is 11.4. The normalized spacial score (nSPS) is 15.1. The Morgan fingerprint density at radius 1 is 1.17 bits per heavy atom. The van der Waals surface area contributed by atoms with Gasteiger partial charge in [0.2, 0.25) is 10.0 Å².